The Balaban J connectivity index is 1.33. The predicted molar refractivity (Wildman–Crippen MR) is 131 cm³/mol. The van der Waals surface area contributed by atoms with E-state index in [1.54, 1.807) is 35.9 Å². The Morgan fingerprint density at radius 3 is 2.83 bits per heavy atom. The summed E-state index contributed by atoms with van der Waals surface area (Å²) < 4.78 is 15.5. The minimum Gasteiger partial charge on any atom is -0.349 e. The van der Waals surface area contributed by atoms with Crippen LogP contribution in [-0.4, -0.2) is 50.7 Å². The lowest BCUT2D eigenvalue weighted by Crippen LogP contribution is -2.31. The minimum atomic E-state index is -0.255. The monoisotopic (exact) mass is 471 g/mol. The van der Waals surface area contributed by atoms with Gasteiger partial charge in [0.25, 0.3) is 5.91 Å². The highest BCUT2D eigenvalue weighted by atomic mass is 19.1. The van der Waals surface area contributed by atoms with Gasteiger partial charge in [0.1, 0.15) is 5.82 Å². The Bertz CT molecular complexity index is 1410. The third-order valence-corrected chi connectivity index (χ3v) is 6.35. The zero-order valence-electron chi connectivity index (χ0n) is 19.5. The van der Waals surface area contributed by atoms with Crippen LogP contribution in [0.3, 0.4) is 0 Å². The Kier molecular flexibility index (Phi) is 6.27. The molecule has 0 bridgehead atoms. The number of carbonyl (C=O) groups is 2. The summed E-state index contributed by atoms with van der Waals surface area (Å²) in [5, 5.41) is 2.90. The van der Waals surface area contributed by atoms with Crippen molar-refractivity contribution in [3.8, 4) is 22.4 Å². The summed E-state index contributed by atoms with van der Waals surface area (Å²) in [7, 11) is 0. The van der Waals surface area contributed by atoms with Gasteiger partial charge in [-0.15, -0.1) is 0 Å². The average Bonchev–Trinajstić information content (AvgIpc) is 3.49. The fourth-order valence-corrected chi connectivity index (χ4v) is 4.49. The van der Waals surface area contributed by atoms with Crippen molar-refractivity contribution >= 4 is 17.3 Å². The zero-order valence-corrected chi connectivity index (χ0v) is 19.5. The van der Waals surface area contributed by atoms with Gasteiger partial charge in [0.05, 0.1) is 17.4 Å². The van der Waals surface area contributed by atoms with E-state index in [0.29, 0.717) is 37.3 Å². The van der Waals surface area contributed by atoms with Crippen molar-refractivity contribution in [3.05, 3.63) is 78.3 Å². The maximum absolute atomic E-state index is 13.8. The predicted octanol–water partition coefficient (Wildman–Crippen LogP) is 4.25. The molecule has 0 spiro atoms. The SMILES string of the molecule is Cc1cc(-c2ncccc2-c2ccn3c(C(=O)NCCCN4CCCC4=O)ncc3c2)ccc1F. The standard InChI is InChI=1S/C27H26FN5O2/c1-18-15-20(7-8-23(18)28)25-22(5-2-10-29-25)19-9-14-33-21(16-19)17-31-26(33)27(35)30-11-4-13-32-12-3-6-24(32)34/h2,5,7-10,14-17H,3-4,6,11-13H2,1H3,(H,30,35). The van der Waals surface area contributed by atoms with Crippen LogP contribution in [0.15, 0.2) is 61.1 Å². The molecule has 0 radical (unpaired) electrons. The van der Waals surface area contributed by atoms with E-state index in [1.165, 1.54) is 6.07 Å². The Hall–Kier alpha value is -4.07. The highest BCUT2D eigenvalue weighted by molar-refractivity contribution is 5.92. The van der Waals surface area contributed by atoms with Crippen LogP contribution in [0.4, 0.5) is 4.39 Å². The van der Waals surface area contributed by atoms with Crippen molar-refractivity contribution in [3.63, 3.8) is 0 Å². The number of nitrogens with one attached hydrogen (secondary N) is 1. The second-order valence-electron chi connectivity index (χ2n) is 8.75. The van der Waals surface area contributed by atoms with Crippen molar-refractivity contribution in [2.75, 3.05) is 19.6 Å². The van der Waals surface area contributed by atoms with Crippen LogP contribution in [0.1, 0.15) is 35.4 Å². The fraction of sp³-hybridized carbons (Fsp3) is 0.259. The molecule has 0 aliphatic carbocycles. The molecule has 1 aliphatic rings. The summed E-state index contributed by atoms with van der Waals surface area (Å²) in [6, 6.07) is 12.7. The largest absolute Gasteiger partial charge is 0.349 e. The highest BCUT2D eigenvalue weighted by Crippen LogP contribution is 2.31. The van der Waals surface area contributed by atoms with E-state index in [1.807, 2.05) is 35.4 Å². The Morgan fingerprint density at radius 2 is 2.03 bits per heavy atom. The average molecular weight is 472 g/mol. The van der Waals surface area contributed by atoms with E-state index < -0.39 is 0 Å². The smallest absolute Gasteiger partial charge is 0.287 e. The van der Waals surface area contributed by atoms with Crippen LogP contribution in [0, 0.1) is 12.7 Å². The summed E-state index contributed by atoms with van der Waals surface area (Å²) in [6.07, 6.45) is 7.45. The molecule has 3 aromatic heterocycles. The second kappa shape index (κ2) is 9.66. The maximum atomic E-state index is 13.8. The number of hydrogen-bond donors (Lipinski definition) is 1. The number of likely N-dealkylation sites (tertiary alicyclic amines) is 1. The molecule has 8 heteroatoms. The van der Waals surface area contributed by atoms with Gasteiger partial charge in [0.2, 0.25) is 11.7 Å². The van der Waals surface area contributed by atoms with Gasteiger partial charge in [-0.1, -0.05) is 6.07 Å². The van der Waals surface area contributed by atoms with Crippen LogP contribution >= 0.6 is 0 Å². The molecule has 1 N–H and O–H groups in total. The number of aromatic nitrogens is 3. The molecule has 4 aromatic rings. The third-order valence-electron chi connectivity index (χ3n) is 6.35. The third kappa shape index (κ3) is 4.64. The van der Waals surface area contributed by atoms with Crippen LogP contribution in [0.2, 0.25) is 0 Å². The molecule has 2 amide bonds. The first-order valence-corrected chi connectivity index (χ1v) is 11.8. The van der Waals surface area contributed by atoms with Crippen molar-refractivity contribution in [2.45, 2.75) is 26.2 Å². The van der Waals surface area contributed by atoms with Crippen LogP contribution in [0.5, 0.6) is 0 Å². The number of fused-ring (bicyclic) bond motifs is 1. The van der Waals surface area contributed by atoms with Gasteiger partial charge in [-0.3, -0.25) is 19.0 Å². The lowest BCUT2D eigenvalue weighted by molar-refractivity contribution is -0.127. The molecule has 7 nitrogen and oxygen atoms in total. The molecule has 1 aliphatic heterocycles. The summed E-state index contributed by atoms with van der Waals surface area (Å²) in [5.41, 5.74) is 4.76. The summed E-state index contributed by atoms with van der Waals surface area (Å²) in [5.74, 6) is -0.00121. The second-order valence-corrected chi connectivity index (χ2v) is 8.75. The van der Waals surface area contributed by atoms with Gasteiger partial charge in [-0.2, -0.15) is 0 Å². The first kappa shape index (κ1) is 22.7. The van der Waals surface area contributed by atoms with E-state index in [2.05, 4.69) is 15.3 Å². The number of aryl methyl sites for hydroxylation is 1. The molecule has 1 saturated heterocycles. The number of benzene rings is 1. The number of hydrogen-bond acceptors (Lipinski definition) is 4. The molecular formula is C27H26FN5O2. The first-order valence-electron chi connectivity index (χ1n) is 11.8. The van der Waals surface area contributed by atoms with Crippen LogP contribution in [0.25, 0.3) is 27.9 Å². The van der Waals surface area contributed by atoms with Crippen molar-refractivity contribution in [2.24, 2.45) is 0 Å². The van der Waals surface area contributed by atoms with E-state index >= 15 is 0 Å². The molecular weight excluding hydrogens is 445 g/mol. The van der Waals surface area contributed by atoms with E-state index in [9.17, 15) is 14.0 Å². The zero-order chi connectivity index (χ0) is 24.4. The van der Waals surface area contributed by atoms with Crippen LogP contribution in [-0.2, 0) is 4.79 Å². The normalized spacial score (nSPS) is 13.5. The number of pyridine rings is 2. The molecule has 4 heterocycles. The summed E-state index contributed by atoms with van der Waals surface area (Å²) in [4.78, 5) is 35.1. The van der Waals surface area contributed by atoms with Crippen LogP contribution < -0.4 is 5.32 Å². The highest BCUT2D eigenvalue weighted by Gasteiger charge is 2.19. The van der Waals surface area contributed by atoms with E-state index in [-0.39, 0.29) is 17.6 Å². The maximum Gasteiger partial charge on any atom is 0.287 e. The van der Waals surface area contributed by atoms with Gasteiger partial charge in [-0.25, -0.2) is 9.37 Å². The minimum absolute atomic E-state index is 0.192. The van der Waals surface area contributed by atoms with E-state index in [0.717, 1.165) is 40.9 Å². The molecule has 1 aromatic carbocycles. The molecule has 35 heavy (non-hydrogen) atoms. The number of halogens is 1. The van der Waals surface area contributed by atoms with E-state index in [4.69, 9.17) is 0 Å². The Morgan fingerprint density at radius 1 is 1.14 bits per heavy atom. The number of carbonyl (C=O) groups excluding carboxylic acids is 2. The van der Waals surface area contributed by atoms with Gasteiger partial charge in [0.15, 0.2) is 0 Å². The van der Waals surface area contributed by atoms with Crippen molar-refractivity contribution < 1.29 is 14.0 Å². The fourth-order valence-electron chi connectivity index (χ4n) is 4.49. The van der Waals surface area contributed by atoms with Gasteiger partial charge < -0.3 is 10.2 Å². The molecule has 0 unspecified atom stereocenters. The number of rotatable bonds is 7. The van der Waals surface area contributed by atoms with Crippen molar-refractivity contribution in [1.29, 1.82) is 0 Å². The molecule has 0 atom stereocenters. The first-order chi connectivity index (χ1) is 17.0. The molecule has 5 rings (SSSR count). The number of nitrogens with zero attached hydrogens (tertiary/aromatic N) is 4. The quantitative estimate of drug-likeness (QED) is 0.409. The van der Waals surface area contributed by atoms with Gasteiger partial charge >= 0.3 is 0 Å². The molecule has 1 fully saturated rings. The molecule has 178 valence electrons. The van der Waals surface area contributed by atoms with Crippen molar-refractivity contribution in [1.82, 2.24) is 24.6 Å². The van der Waals surface area contributed by atoms with Gasteiger partial charge in [0, 0.05) is 49.6 Å². The summed E-state index contributed by atoms with van der Waals surface area (Å²) >= 11 is 0. The topological polar surface area (TPSA) is 79.6 Å². The number of amides is 2. The summed E-state index contributed by atoms with van der Waals surface area (Å²) in [6.45, 7) is 3.68. The van der Waals surface area contributed by atoms with Gasteiger partial charge in [-0.05, 0) is 67.3 Å². The lowest BCUT2D eigenvalue weighted by atomic mass is 9.99. The number of imidazole rings is 1. The Labute approximate surface area is 202 Å². The molecule has 0 saturated carbocycles. The lowest BCUT2D eigenvalue weighted by Gasteiger charge is -2.15.